The van der Waals surface area contributed by atoms with E-state index in [4.69, 9.17) is 4.74 Å². The molecule has 0 bridgehead atoms. The predicted octanol–water partition coefficient (Wildman–Crippen LogP) is 2.43. The Labute approximate surface area is 113 Å². The fraction of sp³-hybridized carbons (Fsp3) is 0.769. The predicted molar refractivity (Wildman–Crippen MR) is 76.2 cm³/mol. The van der Waals surface area contributed by atoms with Gasteiger partial charge in [0.2, 0.25) is 0 Å². The summed E-state index contributed by atoms with van der Waals surface area (Å²) in [6.07, 6.45) is 4.69. The highest BCUT2D eigenvalue weighted by atomic mass is 32.1. The molecule has 4 nitrogen and oxygen atoms in total. The normalized spacial score (nSPS) is 15.3. The van der Waals surface area contributed by atoms with Crippen molar-refractivity contribution in [3.63, 3.8) is 0 Å². The number of likely N-dealkylation sites (N-methyl/N-ethyl adjacent to an activating group) is 1. The van der Waals surface area contributed by atoms with Crippen molar-refractivity contribution < 1.29 is 4.74 Å². The first-order valence-electron chi connectivity index (χ1n) is 6.72. The Hall–Kier alpha value is -0.650. The SMILES string of the molecule is CCNc1ncc(CN(C)CCOCC2CC2)s1. The highest BCUT2D eigenvalue weighted by molar-refractivity contribution is 7.15. The quantitative estimate of drug-likeness (QED) is 0.699. The first kappa shape index (κ1) is 13.8. The third-order valence-electron chi connectivity index (χ3n) is 2.98. The number of aromatic nitrogens is 1. The Bertz CT molecular complexity index is 352. The molecule has 1 fully saturated rings. The monoisotopic (exact) mass is 269 g/mol. The van der Waals surface area contributed by atoms with Crippen molar-refractivity contribution in [3.05, 3.63) is 11.1 Å². The molecule has 18 heavy (non-hydrogen) atoms. The van der Waals surface area contributed by atoms with Crippen LogP contribution in [-0.2, 0) is 11.3 Å². The van der Waals surface area contributed by atoms with E-state index in [1.165, 1.54) is 17.7 Å². The molecule has 0 atom stereocenters. The van der Waals surface area contributed by atoms with Crippen LogP contribution < -0.4 is 5.32 Å². The Morgan fingerprint density at radius 1 is 1.56 bits per heavy atom. The van der Waals surface area contributed by atoms with Crippen LogP contribution in [0.4, 0.5) is 5.13 Å². The molecule has 0 amide bonds. The summed E-state index contributed by atoms with van der Waals surface area (Å²) >= 11 is 1.74. The summed E-state index contributed by atoms with van der Waals surface area (Å²) in [6, 6.07) is 0. The molecule has 1 heterocycles. The molecule has 1 aromatic heterocycles. The number of nitrogens with one attached hydrogen (secondary N) is 1. The van der Waals surface area contributed by atoms with E-state index >= 15 is 0 Å². The second kappa shape index (κ2) is 7.07. The summed E-state index contributed by atoms with van der Waals surface area (Å²) in [5.74, 6) is 0.861. The highest BCUT2D eigenvalue weighted by Gasteiger charge is 2.20. The van der Waals surface area contributed by atoms with E-state index in [-0.39, 0.29) is 0 Å². The van der Waals surface area contributed by atoms with E-state index in [2.05, 4.69) is 29.2 Å². The molecule has 0 radical (unpaired) electrons. The molecule has 2 rings (SSSR count). The maximum Gasteiger partial charge on any atom is 0.182 e. The van der Waals surface area contributed by atoms with Crippen molar-refractivity contribution in [1.82, 2.24) is 9.88 Å². The topological polar surface area (TPSA) is 37.4 Å². The molecule has 1 saturated carbocycles. The van der Waals surface area contributed by atoms with Gasteiger partial charge in [0, 0.05) is 37.3 Å². The van der Waals surface area contributed by atoms with Gasteiger partial charge in [-0.2, -0.15) is 0 Å². The molecule has 1 aliphatic carbocycles. The van der Waals surface area contributed by atoms with E-state index in [0.29, 0.717) is 0 Å². The summed E-state index contributed by atoms with van der Waals surface area (Å²) in [7, 11) is 2.13. The molecule has 1 aliphatic rings. The lowest BCUT2D eigenvalue weighted by Gasteiger charge is -2.15. The third-order valence-corrected chi connectivity index (χ3v) is 3.91. The van der Waals surface area contributed by atoms with Gasteiger partial charge in [-0.25, -0.2) is 4.98 Å². The average Bonchev–Trinajstić information content (AvgIpc) is 3.07. The summed E-state index contributed by atoms with van der Waals surface area (Å²) in [5, 5.41) is 4.26. The van der Waals surface area contributed by atoms with Crippen LogP contribution in [0.5, 0.6) is 0 Å². The first-order valence-corrected chi connectivity index (χ1v) is 7.54. The molecular weight excluding hydrogens is 246 g/mol. The van der Waals surface area contributed by atoms with Crippen LogP contribution >= 0.6 is 11.3 Å². The van der Waals surface area contributed by atoms with Crippen molar-refractivity contribution in [1.29, 1.82) is 0 Å². The van der Waals surface area contributed by atoms with Crippen molar-refractivity contribution in [2.75, 3.05) is 38.7 Å². The van der Waals surface area contributed by atoms with E-state index in [9.17, 15) is 0 Å². The van der Waals surface area contributed by atoms with Crippen LogP contribution in [0, 0.1) is 5.92 Å². The number of hydrogen-bond acceptors (Lipinski definition) is 5. The fourth-order valence-electron chi connectivity index (χ4n) is 1.71. The molecule has 0 unspecified atom stereocenters. The van der Waals surface area contributed by atoms with Crippen LogP contribution in [0.25, 0.3) is 0 Å². The van der Waals surface area contributed by atoms with Crippen LogP contribution in [0.2, 0.25) is 0 Å². The first-order chi connectivity index (χ1) is 8.78. The Balaban J connectivity index is 1.60. The average molecular weight is 269 g/mol. The van der Waals surface area contributed by atoms with Crippen molar-refractivity contribution in [2.45, 2.75) is 26.3 Å². The standard InChI is InChI=1S/C13H23N3OS/c1-3-14-13-15-8-12(18-13)9-16(2)6-7-17-10-11-4-5-11/h8,11H,3-7,9-10H2,1-2H3,(H,14,15). The lowest BCUT2D eigenvalue weighted by atomic mass is 10.4. The fourth-order valence-corrected chi connectivity index (χ4v) is 2.67. The van der Waals surface area contributed by atoms with Gasteiger partial charge in [0.05, 0.1) is 6.61 Å². The lowest BCUT2D eigenvalue weighted by Crippen LogP contribution is -2.22. The molecule has 0 saturated heterocycles. The maximum absolute atomic E-state index is 5.64. The zero-order valence-electron chi connectivity index (χ0n) is 11.3. The summed E-state index contributed by atoms with van der Waals surface area (Å²) in [6.45, 7) is 6.75. The smallest absolute Gasteiger partial charge is 0.182 e. The highest BCUT2D eigenvalue weighted by Crippen LogP contribution is 2.28. The van der Waals surface area contributed by atoms with Crippen LogP contribution in [0.15, 0.2) is 6.20 Å². The Morgan fingerprint density at radius 2 is 2.39 bits per heavy atom. The van der Waals surface area contributed by atoms with Gasteiger partial charge in [0.25, 0.3) is 0 Å². The number of rotatable bonds is 9. The Morgan fingerprint density at radius 3 is 3.11 bits per heavy atom. The zero-order valence-corrected chi connectivity index (χ0v) is 12.1. The number of anilines is 1. The van der Waals surface area contributed by atoms with Gasteiger partial charge in [0.15, 0.2) is 5.13 Å². The van der Waals surface area contributed by atoms with Gasteiger partial charge >= 0.3 is 0 Å². The largest absolute Gasteiger partial charge is 0.380 e. The molecule has 1 aromatic rings. The van der Waals surface area contributed by atoms with Gasteiger partial charge in [-0.05, 0) is 32.7 Å². The number of hydrogen-bond donors (Lipinski definition) is 1. The van der Waals surface area contributed by atoms with Gasteiger partial charge < -0.3 is 10.1 Å². The second-order valence-electron chi connectivity index (χ2n) is 4.92. The molecule has 0 aromatic carbocycles. The Kier molecular flexibility index (Phi) is 5.41. The molecular formula is C13H23N3OS. The van der Waals surface area contributed by atoms with Crippen LogP contribution in [0.3, 0.4) is 0 Å². The minimum Gasteiger partial charge on any atom is -0.380 e. The summed E-state index contributed by atoms with van der Waals surface area (Å²) in [5.41, 5.74) is 0. The van der Waals surface area contributed by atoms with Gasteiger partial charge in [-0.15, -0.1) is 11.3 Å². The van der Waals surface area contributed by atoms with Gasteiger partial charge in [-0.3, -0.25) is 4.90 Å². The van der Waals surface area contributed by atoms with Crippen LogP contribution in [-0.4, -0.2) is 43.2 Å². The number of ether oxygens (including phenoxy) is 1. The van der Waals surface area contributed by atoms with E-state index in [0.717, 1.165) is 43.9 Å². The zero-order chi connectivity index (χ0) is 12.8. The third kappa shape index (κ3) is 4.92. The molecule has 0 spiro atoms. The van der Waals surface area contributed by atoms with E-state index in [1.54, 1.807) is 11.3 Å². The molecule has 102 valence electrons. The van der Waals surface area contributed by atoms with Crippen LogP contribution in [0.1, 0.15) is 24.6 Å². The van der Waals surface area contributed by atoms with Crippen molar-refractivity contribution in [2.24, 2.45) is 5.92 Å². The number of thiazole rings is 1. The molecule has 1 N–H and O–H groups in total. The summed E-state index contributed by atoms with van der Waals surface area (Å²) in [4.78, 5) is 7.93. The minimum atomic E-state index is 0.839. The molecule has 0 aliphatic heterocycles. The molecule has 5 heteroatoms. The lowest BCUT2D eigenvalue weighted by molar-refractivity contribution is 0.102. The summed E-state index contributed by atoms with van der Waals surface area (Å²) < 4.78 is 5.64. The van der Waals surface area contributed by atoms with Gasteiger partial charge in [-0.1, -0.05) is 0 Å². The minimum absolute atomic E-state index is 0.839. The van der Waals surface area contributed by atoms with Crippen molar-refractivity contribution >= 4 is 16.5 Å². The van der Waals surface area contributed by atoms with Crippen molar-refractivity contribution in [3.8, 4) is 0 Å². The van der Waals surface area contributed by atoms with E-state index in [1.807, 2.05) is 6.20 Å². The van der Waals surface area contributed by atoms with Gasteiger partial charge in [0.1, 0.15) is 0 Å². The second-order valence-corrected chi connectivity index (χ2v) is 6.03. The maximum atomic E-state index is 5.64. The number of nitrogens with zero attached hydrogens (tertiary/aromatic N) is 2. The van der Waals surface area contributed by atoms with E-state index < -0.39 is 0 Å².